The largest absolute Gasteiger partial charge is 0.345 e. The summed E-state index contributed by atoms with van der Waals surface area (Å²) in [5.41, 5.74) is 6.29. The van der Waals surface area contributed by atoms with E-state index in [1.165, 1.54) is 34.2 Å². The van der Waals surface area contributed by atoms with Crippen molar-refractivity contribution in [3.05, 3.63) is 65.0 Å². The topological polar surface area (TPSA) is 59.8 Å². The molecule has 0 radical (unpaired) electrons. The Balaban J connectivity index is 1.62. The third kappa shape index (κ3) is 4.54. The maximum atomic E-state index is 12.7. The molecule has 0 unspecified atom stereocenters. The van der Waals surface area contributed by atoms with E-state index in [-0.39, 0.29) is 5.78 Å². The van der Waals surface area contributed by atoms with Crippen molar-refractivity contribution < 1.29 is 4.79 Å². The van der Waals surface area contributed by atoms with Gasteiger partial charge in [-0.25, -0.2) is 0 Å². The van der Waals surface area contributed by atoms with Gasteiger partial charge in [-0.05, 0) is 57.0 Å². The molecule has 0 fully saturated rings. The lowest BCUT2D eigenvalue weighted by Crippen LogP contribution is -2.06. The number of thioether (sulfide) groups is 1. The van der Waals surface area contributed by atoms with Crippen molar-refractivity contribution in [1.29, 1.82) is 0 Å². The van der Waals surface area contributed by atoms with E-state index < -0.39 is 0 Å². The molecule has 0 saturated carbocycles. The van der Waals surface area contributed by atoms with Crippen molar-refractivity contribution in [3.63, 3.8) is 0 Å². The molecule has 0 bridgehead atoms. The summed E-state index contributed by atoms with van der Waals surface area (Å²) in [7, 11) is 0. The summed E-state index contributed by atoms with van der Waals surface area (Å²) >= 11 is 2.88. The molecule has 28 heavy (non-hydrogen) atoms. The van der Waals surface area contributed by atoms with Crippen LogP contribution in [0.2, 0.25) is 0 Å². The van der Waals surface area contributed by atoms with Gasteiger partial charge in [-0.15, -0.1) is 16.8 Å². The summed E-state index contributed by atoms with van der Waals surface area (Å²) in [5, 5.41) is 12.4. The highest BCUT2D eigenvalue weighted by Crippen LogP contribution is 2.29. The lowest BCUT2D eigenvalue weighted by atomic mass is 10.1. The first kappa shape index (κ1) is 20.4. The van der Waals surface area contributed by atoms with Crippen LogP contribution >= 0.6 is 23.1 Å². The van der Waals surface area contributed by atoms with Crippen LogP contribution in [0.1, 0.15) is 32.9 Å². The van der Waals surface area contributed by atoms with Crippen molar-refractivity contribution in [2.75, 3.05) is 11.1 Å². The fourth-order valence-electron chi connectivity index (χ4n) is 2.96. The van der Waals surface area contributed by atoms with E-state index in [2.05, 4.69) is 52.6 Å². The Labute approximate surface area is 173 Å². The summed E-state index contributed by atoms with van der Waals surface area (Å²) in [4.78, 5) is 12.7. The van der Waals surface area contributed by atoms with E-state index in [0.717, 1.165) is 32.1 Å². The number of carbonyl (C=O) groups is 1. The van der Waals surface area contributed by atoms with E-state index in [9.17, 15) is 4.79 Å². The van der Waals surface area contributed by atoms with E-state index in [0.29, 0.717) is 12.3 Å². The molecule has 1 N–H and O–H groups in total. The molecule has 0 aliphatic heterocycles. The van der Waals surface area contributed by atoms with Gasteiger partial charge in [0.1, 0.15) is 0 Å². The molecule has 5 nitrogen and oxygen atoms in total. The first-order valence-corrected chi connectivity index (χ1v) is 10.8. The van der Waals surface area contributed by atoms with E-state index in [1.54, 1.807) is 0 Å². The van der Waals surface area contributed by atoms with Gasteiger partial charge < -0.3 is 9.88 Å². The molecule has 146 valence electrons. The van der Waals surface area contributed by atoms with Crippen molar-refractivity contribution in [3.8, 4) is 0 Å². The number of rotatable bonds is 8. The fourth-order valence-corrected chi connectivity index (χ4v) is 4.62. The Morgan fingerprint density at radius 3 is 2.71 bits per heavy atom. The van der Waals surface area contributed by atoms with Gasteiger partial charge in [-0.1, -0.05) is 35.2 Å². The molecule has 3 rings (SSSR count). The summed E-state index contributed by atoms with van der Waals surface area (Å²) < 4.78 is 2.88. The highest BCUT2D eigenvalue weighted by atomic mass is 32.2. The van der Waals surface area contributed by atoms with Crippen LogP contribution in [0.25, 0.3) is 0 Å². The first-order valence-electron chi connectivity index (χ1n) is 9.00. The van der Waals surface area contributed by atoms with Crippen LogP contribution in [-0.4, -0.2) is 26.3 Å². The zero-order valence-electron chi connectivity index (χ0n) is 16.6. The molecule has 2 heterocycles. The Bertz CT molecular complexity index is 1020. The second-order valence-corrected chi connectivity index (χ2v) is 8.89. The number of ketones is 1. The molecule has 0 aliphatic rings. The predicted octanol–water partition coefficient (Wildman–Crippen LogP) is 5.48. The van der Waals surface area contributed by atoms with Gasteiger partial charge in [0.15, 0.2) is 10.1 Å². The molecular weight excluding hydrogens is 388 g/mol. The molecule has 0 spiro atoms. The number of nitrogens with one attached hydrogen (secondary N) is 1. The molecule has 0 amide bonds. The maximum absolute atomic E-state index is 12.7. The minimum Gasteiger partial charge on any atom is -0.345 e. The van der Waals surface area contributed by atoms with Crippen molar-refractivity contribution in [2.45, 2.75) is 38.6 Å². The lowest BCUT2D eigenvalue weighted by molar-refractivity contribution is 0.102. The van der Waals surface area contributed by atoms with Crippen LogP contribution < -0.4 is 5.32 Å². The Kier molecular flexibility index (Phi) is 6.36. The Morgan fingerprint density at radius 2 is 2.00 bits per heavy atom. The quantitative estimate of drug-likeness (QED) is 0.302. The number of benzene rings is 1. The Morgan fingerprint density at radius 1 is 1.21 bits per heavy atom. The standard InChI is InChI=1S/C21H24N4OS2/c1-6-9-25-15(4)11-18(16(25)5)19(26)12-27-21-24-23-20(28-21)22-17-8-7-13(2)14(3)10-17/h6-8,10-11H,1,9,12H2,2-5H3,(H,22,23). The van der Waals surface area contributed by atoms with Crippen LogP contribution in [0.15, 0.2) is 41.3 Å². The normalized spacial score (nSPS) is 10.9. The number of allylic oxidation sites excluding steroid dienone is 1. The van der Waals surface area contributed by atoms with Gasteiger partial charge in [0.25, 0.3) is 0 Å². The van der Waals surface area contributed by atoms with Gasteiger partial charge in [0, 0.05) is 29.2 Å². The molecule has 7 heteroatoms. The monoisotopic (exact) mass is 412 g/mol. The molecule has 3 aromatic rings. The first-order chi connectivity index (χ1) is 13.4. The van der Waals surface area contributed by atoms with Crippen LogP contribution in [0, 0.1) is 27.7 Å². The third-order valence-electron chi connectivity index (χ3n) is 4.68. The Hall–Kier alpha value is -2.38. The molecule has 0 aliphatic carbocycles. The summed E-state index contributed by atoms with van der Waals surface area (Å²) in [6, 6.07) is 8.15. The van der Waals surface area contributed by atoms with E-state index in [1.807, 2.05) is 32.1 Å². The third-order valence-corrected chi connectivity index (χ3v) is 6.65. The van der Waals surface area contributed by atoms with Crippen LogP contribution in [0.4, 0.5) is 10.8 Å². The highest BCUT2D eigenvalue weighted by molar-refractivity contribution is 8.01. The second-order valence-electron chi connectivity index (χ2n) is 6.69. The maximum Gasteiger partial charge on any atom is 0.210 e. The van der Waals surface area contributed by atoms with Gasteiger partial charge in [-0.2, -0.15) is 0 Å². The van der Waals surface area contributed by atoms with Crippen molar-refractivity contribution >= 4 is 39.7 Å². The number of Topliss-reactive ketones (excluding diaryl/α,β-unsaturated/α-hetero) is 1. The SMILES string of the molecule is C=CCn1c(C)cc(C(=O)CSc2nnc(Nc3ccc(C)c(C)c3)s2)c1C. The average molecular weight is 413 g/mol. The summed E-state index contributed by atoms with van der Waals surface area (Å²) in [5.74, 6) is 0.448. The van der Waals surface area contributed by atoms with Crippen molar-refractivity contribution in [2.24, 2.45) is 0 Å². The molecule has 1 aromatic carbocycles. The summed E-state index contributed by atoms with van der Waals surface area (Å²) in [6.45, 7) is 12.6. The second kappa shape index (κ2) is 8.75. The van der Waals surface area contributed by atoms with Crippen LogP contribution in [-0.2, 0) is 6.54 Å². The highest BCUT2D eigenvalue weighted by Gasteiger charge is 2.16. The lowest BCUT2D eigenvalue weighted by Gasteiger charge is -2.06. The van der Waals surface area contributed by atoms with Crippen LogP contribution in [0.5, 0.6) is 0 Å². The fraction of sp³-hybridized carbons (Fsp3) is 0.286. The zero-order valence-corrected chi connectivity index (χ0v) is 18.2. The minimum atomic E-state index is 0.104. The van der Waals surface area contributed by atoms with Gasteiger partial charge >= 0.3 is 0 Å². The number of nitrogens with zero attached hydrogens (tertiary/aromatic N) is 3. The number of hydrogen-bond donors (Lipinski definition) is 1. The predicted molar refractivity (Wildman–Crippen MR) is 118 cm³/mol. The van der Waals surface area contributed by atoms with E-state index in [4.69, 9.17) is 0 Å². The number of carbonyl (C=O) groups excluding carboxylic acids is 1. The molecular formula is C21H24N4OS2. The van der Waals surface area contributed by atoms with Gasteiger partial charge in [0.05, 0.1) is 5.75 Å². The van der Waals surface area contributed by atoms with Crippen molar-refractivity contribution in [1.82, 2.24) is 14.8 Å². The van der Waals surface area contributed by atoms with E-state index >= 15 is 0 Å². The zero-order chi connectivity index (χ0) is 20.3. The number of aryl methyl sites for hydroxylation is 3. The van der Waals surface area contributed by atoms with Gasteiger partial charge in [-0.3, -0.25) is 4.79 Å². The van der Waals surface area contributed by atoms with Crippen LogP contribution in [0.3, 0.4) is 0 Å². The minimum absolute atomic E-state index is 0.104. The summed E-state index contributed by atoms with van der Waals surface area (Å²) in [6.07, 6.45) is 1.84. The number of aromatic nitrogens is 3. The molecule has 2 aromatic heterocycles. The average Bonchev–Trinajstić information content (AvgIpc) is 3.22. The smallest absolute Gasteiger partial charge is 0.210 e. The number of anilines is 2. The number of hydrogen-bond acceptors (Lipinski definition) is 6. The van der Waals surface area contributed by atoms with Gasteiger partial charge in [0.2, 0.25) is 5.13 Å². The molecule has 0 atom stereocenters. The molecule has 0 saturated heterocycles.